The van der Waals surface area contributed by atoms with E-state index < -0.39 is 11.9 Å². The SMILES string of the molecule is COc1cc(N)c(-c2ncc(C(F)(F)F)[nH]2)cc1OC. The molecule has 0 bridgehead atoms. The molecule has 0 aliphatic rings. The van der Waals surface area contributed by atoms with E-state index in [0.717, 1.165) is 0 Å². The van der Waals surface area contributed by atoms with Crippen LogP contribution >= 0.6 is 0 Å². The van der Waals surface area contributed by atoms with Crippen molar-refractivity contribution < 1.29 is 22.6 Å². The zero-order chi connectivity index (χ0) is 14.9. The van der Waals surface area contributed by atoms with Gasteiger partial charge in [0.15, 0.2) is 11.5 Å². The third kappa shape index (κ3) is 2.49. The van der Waals surface area contributed by atoms with Crippen molar-refractivity contribution in [3.8, 4) is 22.9 Å². The molecular weight excluding hydrogens is 275 g/mol. The predicted molar refractivity (Wildman–Crippen MR) is 66.5 cm³/mol. The van der Waals surface area contributed by atoms with E-state index in [9.17, 15) is 13.2 Å². The van der Waals surface area contributed by atoms with E-state index in [1.807, 2.05) is 0 Å². The Bertz CT molecular complexity index is 623. The number of halogens is 3. The standard InChI is InChI=1S/C12H12F3N3O2/c1-19-8-3-6(7(16)4-9(8)20-2)11-17-5-10(18-11)12(13,14)15/h3-5H,16H2,1-2H3,(H,17,18). The zero-order valence-electron chi connectivity index (χ0n) is 10.7. The molecule has 0 unspecified atom stereocenters. The minimum absolute atomic E-state index is 0.00998. The van der Waals surface area contributed by atoms with Gasteiger partial charge in [-0.25, -0.2) is 4.98 Å². The van der Waals surface area contributed by atoms with E-state index in [4.69, 9.17) is 15.2 Å². The molecule has 0 saturated carbocycles. The van der Waals surface area contributed by atoms with Crippen LogP contribution in [0.4, 0.5) is 18.9 Å². The summed E-state index contributed by atoms with van der Waals surface area (Å²) in [5, 5.41) is 0. The number of nitrogens with two attached hydrogens (primary N) is 1. The molecule has 0 aliphatic heterocycles. The van der Waals surface area contributed by atoms with E-state index in [0.29, 0.717) is 23.3 Å². The number of imidazole rings is 1. The summed E-state index contributed by atoms with van der Waals surface area (Å²) in [4.78, 5) is 5.88. The van der Waals surface area contributed by atoms with Crippen LogP contribution < -0.4 is 15.2 Å². The maximum absolute atomic E-state index is 12.5. The summed E-state index contributed by atoms with van der Waals surface area (Å²) in [6, 6.07) is 2.93. The number of hydrogen-bond acceptors (Lipinski definition) is 4. The second kappa shape index (κ2) is 4.95. The van der Waals surface area contributed by atoms with Gasteiger partial charge in [0.25, 0.3) is 0 Å². The molecule has 5 nitrogen and oxygen atoms in total. The number of nitrogens with one attached hydrogen (secondary N) is 1. The van der Waals surface area contributed by atoms with Gasteiger partial charge in [0.05, 0.1) is 20.4 Å². The third-order valence-electron chi connectivity index (χ3n) is 2.69. The summed E-state index contributed by atoms with van der Waals surface area (Å²) < 4.78 is 47.7. The van der Waals surface area contributed by atoms with Gasteiger partial charge in [-0.1, -0.05) is 0 Å². The van der Waals surface area contributed by atoms with Crippen LogP contribution in [0.1, 0.15) is 5.69 Å². The molecule has 20 heavy (non-hydrogen) atoms. The number of ether oxygens (including phenoxy) is 2. The lowest BCUT2D eigenvalue weighted by Crippen LogP contribution is -2.05. The number of anilines is 1. The van der Waals surface area contributed by atoms with Crippen LogP contribution in [0, 0.1) is 0 Å². The molecule has 1 aromatic carbocycles. The number of alkyl halides is 3. The Balaban J connectivity index is 2.50. The predicted octanol–water partition coefficient (Wildman–Crippen LogP) is 2.69. The molecule has 0 aliphatic carbocycles. The summed E-state index contributed by atoms with van der Waals surface area (Å²) in [6.07, 6.45) is -3.78. The topological polar surface area (TPSA) is 73.2 Å². The first-order valence-corrected chi connectivity index (χ1v) is 5.51. The second-order valence-corrected chi connectivity index (χ2v) is 3.94. The number of methoxy groups -OCH3 is 2. The highest BCUT2D eigenvalue weighted by molar-refractivity contribution is 5.76. The molecule has 1 aromatic heterocycles. The van der Waals surface area contributed by atoms with Gasteiger partial charge in [-0.3, -0.25) is 0 Å². The van der Waals surface area contributed by atoms with Crippen molar-refractivity contribution in [3.63, 3.8) is 0 Å². The summed E-state index contributed by atoms with van der Waals surface area (Å²) in [7, 11) is 2.85. The van der Waals surface area contributed by atoms with Crippen molar-refractivity contribution in [2.75, 3.05) is 20.0 Å². The van der Waals surface area contributed by atoms with Crippen molar-refractivity contribution in [1.82, 2.24) is 9.97 Å². The van der Waals surface area contributed by atoms with Gasteiger partial charge in [0.1, 0.15) is 11.5 Å². The molecule has 2 rings (SSSR count). The van der Waals surface area contributed by atoms with E-state index in [-0.39, 0.29) is 11.5 Å². The van der Waals surface area contributed by atoms with Crippen molar-refractivity contribution in [1.29, 1.82) is 0 Å². The highest BCUT2D eigenvalue weighted by Gasteiger charge is 2.33. The minimum Gasteiger partial charge on any atom is -0.493 e. The smallest absolute Gasteiger partial charge is 0.432 e. The fraction of sp³-hybridized carbons (Fsp3) is 0.250. The molecule has 1 heterocycles. The summed E-state index contributed by atoms with van der Waals surface area (Å²) >= 11 is 0. The van der Waals surface area contributed by atoms with E-state index in [1.54, 1.807) is 0 Å². The quantitative estimate of drug-likeness (QED) is 0.851. The minimum atomic E-state index is -4.49. The number of aromatic nitrogens is 2. The third-order valence-corrected chi connectivity index (χ3v) is 2.69. The maximum atomic E-state index is 12.5. The Labute approximate surface area is 112 Å². The van der Waals surface area contributed by atoms with Crippen molar-refractivity contribution >= 4 is 5.69 Å². The summed E-state index contributed by atoms with van der Waals surface area (Å²) in [6.45, 7) is 0. The molecule has 0 fully saturated rings. The summed E-state index contributed by atoms with van der Waals surface area (Å²) in [5.74, 6) is 0.744. The van der Waals surface area contributed by atoms with Gasteiger partial charge >= 0.3 is 6.18 Å². The number of aromatic amines is 1. The first-order valence-electron chi connectivity index (χ1n) is 5.51. The second-order valence-electron chi connectivity index (χ2n) is 3.94. The number of nitrogens with zero attached hydrogens (tertiary/aromatic N) is 1. The van der Waals surface area contributed by atoms with Crippen LogP contribution in [-0.4, -0.2) is 24.2 Å². The highest BCUT2D eigenvalue weighted by Crippen LogP contribution is 2.37. The Morgan fingerprint density at radius 1 is 1.15 bits per heavy atom. The van der Waals surface area contributed by atoms with Crippen LogP contribution in [0.25, 0.3) is 11.4 Å². The van der Waals surface area contributed by atoms with Gasteiger partial charge in [0.2, 0.25) is 0 Å². The lowest BCUT2D eigenvalue weighted by Gasteiger charge is -2.11. The molecule has 2 aromatic rings. The number of benzene rings is 1. The zero-order valence-corrected chi connectivity index (χ0v) is 10.7. The van der Waals surface area contributed by atoms with Crippen molar-refractivity contribution in [2.45, 2.75) is 6.18 Å². The lowest BCUT2D eigenvalue weighted by molar-refractivity contribution is -0.140. The largest absolute Gasteiger partial charge is 0.493 e. The Morgan fingerprint density at radius 3 is 2.25 bits per heavy atom. The van der Waals surface area contributed by atoms with Crippen LogP contribution in [-0.2, 0) is 6.18 Å². The number of hydrogen-bond donors (Lipinski definition) is 2. The highest BCUT2D eigenvalue weighted by atomic mass is 19.4. The molecular formula is C12H12F3N3O2. The van der Waals surface area contributed by atoms with Gasteiger partial charge < -0.3 is 20.2 Å². The van der Waals surface area contributed by atoms with E-state index >= 15 is 0 Å². The first kappa shape index (κ1) is 14.0. The van der Waals surface area contributed by atoms with Gasteiger partial charge in [-0.05, 0) is 6.07 Å². The van der Waals surface area contributed by atoms with Gasteiger partial charge in [-0.2, -0.15) is 13.2 Å². The Kier molecular flexibility index (Phi) is 3.47. The van der Waals surface area contributed by atoms with Gasteiger partial charge in [-0.15, -0.1) is 0 Å². The molecule has 0 atom stereocenters. The average molecular weight is 287 g/mol. The summed E-state index contributed by atoms with van der Waals surface area (Å²) in [5.41, 5.74) is 5.38. The molecule has 8 heteroatoms. The monoisotopic (exact) mass is 287 g/mol. The lowest BCUT2D eigenvalue weighted by atomic mass is 10.1. The maximum Gasteiger partial charge on any atom is 0.432 e. The molecule has 0 saturated heterocycles. The molecule has 3 N–H and O–H groups in total. The molecule has 0 amide bonds. The molecule has 0 spiro atoms. The van der Waals surface area contributed by atoms with Crippen LogP contribution in [0.5, 0.6) is 11.5 Å². The van der Waals surface area contributed by atoms with E-state index in [2.05, 4.69) is 9.97 Å². The van der Waals surface area contributed by atoms with Crippen molar-refractivity contribution in [2.24, 2.45) is 0 Å². The number of nitrogen functional groups attached to an aromatic ring is 1. The van der Waals surface area contributed by atoms with Gasteiger partial charge in [0, 0.05) is 17.3 Å². The Morgan fingerprint density at radius 2 is 1.75 bits per heavy atom. The normalized spacial score (nSPS) is 11.4. The Hall–Kier alpha value is -2.38. The number of rotatable bonds is 3. The number of H-pyrrole nitrogens is 1. The van der Waals surface area contributed by atoms with E-state index in [1.165, 1.54) is 26.4 Å². The fourth-order valence-corrected chi connectivity index (χ4v) is 1.70. The van der Waals surface area contributed by atoms with Crippen molar-refractivity contribution in [3.05, 3.63) is 24.0 Å². The fourth-order valence-electron chi connectivity index (χ4n) is 1.70. The van der Waals surface area contributed by atoms with Crippen LogP contribution in [0.15, 0.2) is 18.3 Å². The average Bonchev–Trinajstić information content (AvgIpc) is 2.87. The molecule has 0 radical (unpaired) electrons. The molecule has 108 valence electrons. The van der Waals surface area contributed by atoms with Crippen LogP contribution in [0.2, 0.25) is 0 Å². The first-order chi connectivity index (χ1) is 9.36. The van der Waals surface area contributed by atoms with Crippen LogP contribution in [0.3, 0.4) is 0 Å².